The smallest absolute Gasteiger partial charge is 0.310 e. The molecule has 102 valence electrons. The Morgan fingerprint density at radius 1 is 1.47 bits per heavy atom. The standard InChI is InChI=1S/C13H15BrN2O3/c1-19-13(18)8-4-5-16(7-8)12(17)10-6-9(14)2-3-11(10)15/h2-3,6,8H,4-5,7,15H2,1H3. The summed E-state index contributed by atoms with van der Waals surface area (Å²) in [6.45, 7) is 0.933. The van der Waals surface area contributed by atoms with E-state index in [0.717, 1.165) is 4.47 Å². The Morgan fingerprint density at radius 3 is 2.89 bits per heavy atom. The number of hydrogen-bond acceptors (Lipinski definition) is 4. The first kappa shape index (κ1) is 13.9. The molecule has 1 heterocycles. The van der Waals surface area contributed by atoms with E-state index in [1.165, 1.54) is 7.11 Å². The van der Waals surface area contributed by atoms with Gasteiger partial charge in [0.2, 0.25) is 0 Å². The average molecular weight is 327 g/mol. The van der Waals surface area contributed by atoms with E-state index in [2.05, 4.69) is 15.9 Å². The highest BCUT2D eigenvalue weighted by molar-refractivity contribution is 9.10. The van der Waals surface area contributed by atoms with E-state index < -0.39 is 0 Å². The number of nitrogens with two attached hydrogens (primary N) is 1. The zero-order valence-corrected chi connectivity index (χ0v) is 12.1. The van der Waals surface area contributed by atoms with Gasteiger partial charge in [0.05, 0.1) is 18.6 Å². The number of esters is 1. The number of anilines is 1. The van der Waals surface area contributed by atoms with Gasteiger partial charge in [-0.3, -0.25) is 9.59 Å². The number of ether oxygens (including phenoxy) is 1. The molecule has 1 atom stereocenters. The fourth-order valence-electron chi connectivity index (χ4n) is 2.19. The summed E-state index contributed by atoms with van der Waals surface area (Å²) < 4.78 is 5.50. The summed E-state index contributed by atoms with van der Waals surface area (Å²) in [5.41, 5.74) is 6.72. The summed E-state index contributed by atoms with van der Waals surface area (Å²) in [5.74, 6) is -0.648. The first-order chi connectivity index (χ1) is 9.02. The van der Waals surface area contributed by atoms with Gasteiger partial charge in [0.1, 0.15) is 0 Å². The Morgan fingerprint density at radius 2 is 2.21 bits per heavy atom. The van der Waals surface area contributed by atoms with Crippen LogP contribution in [-0.2, 0) is 9.53 Å². The third-order valence-electron chi connectivity index (χ3n) is 3.26. The number of likely N-dealkylation sites (tertiary alicyclic amines) is 1. The monoisotopic (exact) mass is 326 g/mol. The highest BCUT2D eigenvalue weighted by atomic mass is 79.9. The first-order valence-corrected chi connectivity index (χ1v) is 6.74. The molecule has 19 heavy (non-hydrogen) atoms. The molecule has 1 aromatic carbocycles. The van der Waals surface area contributed by atoms with Crippen molar-refractivity contribution in [3.05, 3.63) is 28.2 Å². The molecule has 0 spiro atoms. The normalized spacial score (nSPS) is 18.4. The number of benzene rings is 1. The third-order valence-corrected chi connectivity index (χ3v) is 3.75. The van der Waals surface area contributed by atoms with Crippen molar-refractivity contribution in [2.75, 3.05) is 25.9 Å². The maximum absolute atomic E-state index is 12.3. The van der Waals surface area contributed by atoms with Crippen molar-refractivity contribution in [3.63, 3.8) is 0 Å². The van der Waals surface area contributed by atoms with Gasteiger partial charge in [0.15, 0.2) is 0 Å². The Bertz CT molecular complexity index is 519. The lowest BCUT2D eigenvalue weighted by atomic mass is 10.1. The fourth-order valence-corrected chi connectivity index (χ4v) is 2.55. The molecular weight excluding hydrogens is 312 g/mol. The van der Waals surface area contributed by atoms with Gasteiger partial charge in [-0.25, -0.2) is 0 Å². The fraction of sp³-hybridized carbons (Fsp3) is 0.385. The summed E-state index contributed by atoms with van der Waals surface area (Å²) in [7, 11) is 1.36. The highest BCUT2D eigenvalue weighted by Crippen LogP contribution is 2.24. The van der Waals surface area contributed by atoms with E-state index in [0.29, 0.717) is 30.8 Å². The van der Waals surface area contributed by atoms with Crippen molar-refractivity contribution >= 4 is 33.5 Å². The molecule has 1 unspecified atom stereocenters. The zero-order valence-electron chi connectivity index (χ0n) is 10.6. The maximum Gasteiger partial charge on any atom is 0.310 e. The number of carbonyl (C=O) groups is 2. The number of amides is 1. The summed E-state index contributed by atoms with van der Waals surface area (Å²) >= 11 is 3.32. The number of carbonyl (C=O) groups excluding carboxylic acids is 2. The number of nitrogen functional groups attached to an aromatic ring is 1. The van der Waals surface area contributed by atoms with Crippen molar-refractivity contribution in [2.45, 2.75) is 6.42 Å². The van der Waals surface area contributed by atoms with Crippen LogP contribution in [0.3, 0.4) is 0 Å². The molecule has 1 saturated heterocycles. The Hall–Kier alpha value is -1.56. The Balaban J connectivity index is 2.13. The summed E-state index contributed by atoms with van der Waals surface area (Å²) in [4.78, 5) is 25.4. The quantitative estimate of drug-likeness (QED) is 0.662. The largest absolute Gasteiger partial charge is 0.469 e. The summed E-state index contributed by atoms with van der Waals surface area (Å²) in [6, 6.07) is 5.17. The van der Waals surface area contributed by atoms with E-state index in [1.807, 2.05) is 0 Å². The van der Waals surface area contributed by atoms with Crippen molar-refractivity contribution in [1.82, 2.24) is 4.90 Å². The van der Waals surface area contributed by atoms with E-state index in [9.17, 15) is 9.59 Å². The lowest BCUT2D eigenvalue weighted by molar-refractivity contribution is -0.144. The van der Waals surface area contributed by atoms with Gasteiger partial charge in [-0.1, -0.05) is 15.9 Å². The second-order valence-electron chi connectivity index (χ2n) is 4.49. The van der Waals surface area contributed by atoms with Crippen molar-refractivity contribution in [3.8, 4) is 0 Å². The molecule has 0 saturated carbocycles. The van der Waals surface area contributed by atoms with Crippen LogP contribution in [0.4, 0.5) is 5.69 Å². The van der Waals surface area contributed by atoms with Crippen LogP contribution in [-0.4, -0.2) is 37.0 Å². The number of nitrogens with zero attached hydrogens (tertiary/aromatic N) is 1. The summed E-state index contributed by atoms with van der Waals surface area (Å²) in [6.07, 6.45) is 0.631. The van der Waals surface area contributed by atoms with E-state index in [1.54, 1.807) is 23.1 Å². The van der Waals surface area contributed by atoms with E-state index in [4.69, 9.17) is 10.5 Å². The van der Waals surface area contributed by atoms with E-state index >= 15 is 0 Å². The minimum atomic E-state index is -0.266. The second-order valence-corrected chi connectivity index (χ2v) is 5.41. The third kappa shape index (κ3) is 2.89. The Labute approximate surface area is 119 Å². The molecule has 5 nitrogen and oxygen atoms in total. The molecule has 1 fully saturated rings. The molecule has 0 aliphatic carbocycles. The number of rotatable bonds is 2. The zero-order chi connectivity index (χ0) is 14.0. The van der Waals surface area contributed by atoms with Crippen LogP contribution in [0, 0.1) is 5.92 Å². The van der Waals surface area contributed by atoms with Crippen LogP contribution in [0.1, 0.15) is 16.8 Å². The molecule has 2 rings (SSSR count). The minimum absolute atomic E-state index is 0.148. The minimum Gasteiger partial charge on any atom is -0.469 e. The van der Waals surface area contributed by atoms with E-state index in [-0.39, 0.29) is 17.8 Å². The molecule has 1 amide bonds. The molecule has 1 aliphatic rings. The number of hydrogen-bond donors (Lipinski definition) is 1. The average Bonchev–Trinajstić information content (AvgIpc) is 2.89. The van der Waals surface area contributed by atoms with Crippen LogP contribution in [0.5, 0.6) is 0 Å². The highest BCUT2D eigenvalue weighted by Gasteiger charge is 2.32. The predicted molar refractivity (Wildman–Crippen MR) is 74.6 cm³/mol. The van der Waals surface area contributed by atoms with Crippen molar-refractivity contribution < 1.29 is 14.3 Å². The second kappa shape index (κ2) is 5.61. The molecule has 6 heteroatoms. The Kier molecular flexibility index (Phi) is 4.09. The van der Waals surface area contributed by atoms with Crippen molar-refractivity contribution in [1.29, 1.82) is 0 Å². The van der Waals surface area contributed by atoms with Crippen LogP contribution in [0.25, 0.3) is 0 Å². The molecular formula is C13H15BrN2O3. The lowest BCUT2D eigenvalue weighted by Crippen LogP contribution is -2.30. The lowest BCUT2D eigenvalue weighted by Gasteiger charge is -2.17. The van der Waals surface area contributed by atoms with Gasteiger partial charge in [-0.15, -0.1) is 0 Å². The number of halogens is 1. The molecule has 0 radical (unpaired) electrons. The van der Waals surface area contributed by atoms with Gasteiger partial charge in [0, 0.05) is 23.2 Å². The van der Waals surface area contributed by atoms with Gasteiger partial charge in [-0.05, 0) is 24.6 Å². The molecule has 1 aromatic rings. The van der Waals surface area contributed by atoms with Gasteiger partial charge in [0.25, 0.3) is 5.91 Å². The topological polar surface area (TPSA) is 72.6 Å². The SMILES string of the molecule is COC(=O)C1CCN(C(=O)c2cc(Br)ccc2N)C1. The van der Waals surface area contributed by atoms with Gasteiger partial charge < -0.3 is 15.4 Å². The van der Waals surface area contributed by atoms with Crippen LogP contribution >= 0.6 is 15.9 Å². The number of methoxy groups -OCH3 is 1. The van der Waals surface area contributed by atoms with Crippen LogP contribution < -0.4 is 5.73 Å². The van der Waals surface area contributed by atoms with Crippen LogP contribution in [0.15, 0.2) is 22.7 Å². The molecule has 0 aromatic heterocycles. The molecule has 2 N–H and O–H groups in total. The summed E-state index contributed by atoms with van der Waals surface area (Å²) in [5, 5.41) is 0. The molecule has 1 aliphatic heterocycles. The predicted octanol–water partition coefficient (Wildman–Crippen LogP) is 1.67. The molecule has 0 bridgehead atoms. The maximum atomic E-state index is 12.3. The van der Waals surface area contributed by atoms with Gasteiger partial charge in [-0.2, -0.15) is 0 Å². The van der Waals surface area contributed by atoms with Crippen LogP contribution in [0.2, 0.25) is 0 Å². The van der Waals surface area contributed by atoms with Crippen molar-refractivity contribution in [2.24, 2.45) is 5.92 Å². The van der Waals surface area contributed by atoms with Gasteiger partial charge >= 0.3 is 5.97 Å². The first-order valence-electron chi connectivity index (χ1n) is 5.95.